The molecule has 4 aromatic rings. The highest BCUT2D eigenvalue weighted by molar-refractivity contribution is 7.90. The monoisotopic (exact) mass is 595 g/mol. The summed E-state index contributed by atoms with van der Waals surface area (Å²) in [5.41, 5.74) is 1.20. The van der Waals surface area contributed by atoms with Gasteiger partial charge < -0.3 is 18.6 Å². The van der Waals surface area contributed by atoms with Gasteiger partial charge in [0, 0.05) is 23.7 Å². The van der Waals surface area contributed by atoms with Crippen molar-refractivity contribution in [3.05, 3.63) is 105 Å². The van der Waals surface area contributed by atoms with E-state index in [2.05, 4.69) is 4.98 Å². The fourth-order valence-corrected chi connectivity index (χ4v) is 6.21. The molecule has 0 spiro atoms. The summed E-state index contributed by atoms with van der Waals surface area (Å²) in [7, 11) is -2.37. The van der Waals surface area contributed by atoms with E-state index in [1.807, 2.05) is 0 Å². The van der Waals surface area contributed by atoms with Crippen LogP contribution in [0.1, 0.15) is 27.4 Å². The number of aromatic nitrogens is 2. The van der Waals surface area contributed by atoms with Crippen molar-refractivity contribution in [2.75, 3.05) is 13.7 Å². The predicted molar refractivity (Wildman–Crippen MR) is 145 cm³/mol. The minimum atomic E-state index is -3.89. The molecule has 2 aromatic heterocycles. The summed E-state index contributed by atoms with van der Waals surface area (Å²) in [6.07, 6.45) is 2.95. The first-order valence-corrected chi connectivity index (χ1v) is 14.2. The molecule has 0 atom stereocenters. The first kappa shape index (κ1) is 28.2. The van der Waals surface area contributed by atoms with Crippen LogP contribution in [0.3, 0.4) is 0 Å². The number of hydrogen-bond donors (Lipinski definition) is 0. The number of benzene rings is 2. The van der Waals surface area contributed by atoms with Crippen molar-refractivity contribution in [1.29, 1.82) is 0 Å². The zero-order chi connectivity index (χ0) is 27.3. The van der Waals surface area contributed by atoms with Gasteiger partial charge >= 0.3 is 0 Å². The van der Waals surface area contributed by atoms with Gasteiger partial charge in [0.25, 0.3) is 5.91 Å². The van der Waals surface area contributed by atoms with Gasteiger partial charge in [-0.05, 0) is 42.0 Å². The van der Waals surface area contributed by atoms with Crippen LogP contribution in [0.2, 0.25) is 15.1 Å². The van der Waals surface area contributed by atoms with Crippen molar-refractivity contribution in [3.8, 4) is 0 Å². The van der Waals surface area contributed by atoms with Crippen LogP contribution in [-0.4, -0.2) is 42.5 Å². The van der Waals surface area contributed by atoms with Gasteiger partial charge in [-0.25, -0.2) is 13.4 Å². The minimum Gasteiger partial charge on any atom is -0.467 e. The summed E-state index contributed by atoms with van der Waals surface area (Å²) >= 11 is 18.6. The maximum absolute atomic E-state index is 13.6. The van der Waals surface area contributed by atoms with Gasteiger partial charge in [-0.15, -0.1) is 0 Å². The largest absolute Gasteiger partial charge is 0.467 e. The summed E-state index contributed by atoms with van der Waals surface area (Å²) < 4.78 is 39.1. The number of carbonyl (C=O) groups is 1. The fraction of sp³-hybridized carbons (Fsp3) is 0.231. The van der Waals surface area contributed by atoms with Crippen LogP contribution < -0.4 is 0 Å². The van der Waals surface area contributed by atoms with Crippen LogP contribution >= 0.6 is 34.8 Å². The van der Waals surface area contributed by atoms with E-state index in [1.54, 1.807) is 53.1 Å². The molecule has 12 heteroatoms. The molecule has 0 aliphatic heterocycles. The van der Waals surface area contributed by atoms with E-state index in [0.29, 0.717) is 27.1 Å². The summed E-state index contributed by atoms with van der Waals surface area (Å²) in [6.45, 7) is 0.569. The van der Waals surface area contributed by atoms with Gasteiger partial charge in [-0.3, -0.25) is 4.79 Å². The fourth-order valence-electron chi connectivity index (χ4n) is 3.89. The van der Waals surface area contributed by atoms with Crippen LogP contribution in [0.5, 0.6) is 0 Å². The van der Waals surface area contributed by atoms with Gasteiger partial charge in [0.15, 0.2) is 0 Å². The summed E-state index contributed by atoms with van der Waals surface area (Å²) in [4.78, 5) is 19.3. The SMILES string of the molecule is COCCn1c(CN(Cc2ccco2)C(=O)c2ccc(Cl)cc2Cl)cnc1S(=O)(=O)Cc1ccccc1Cl. The Bertz CT molecular complexity index is 1520. The Balaban J connectivity index is 1.70. The minimum absolute atomic E-state index is 0.0246. The number of carbonyl (C=O) groups excluding carboxylic acids is 1. The molecule has 0 bridgehead atoms. The zero-order valence-corrected chi connectivity index (χ0v) is 23.4. The van der Waals surface area contributed by atoms with E-state index < -0.39 is 9.84 Å². The number of hydrogen-bond acceptors (Lipinski definition) is 6. The van der Waals surface area contributed by atoms with E-state index in [1.165, 1.54) is 30.5 Å². The molecule has 38 heavy (non-hydrogen) atoms. The number of rotatable bonds is 11. The number of halogens is 3. The van der Waals surface area contributed by atoms with Crippen molar-refractivity contribution in [2.45, 2.75) is 30.5 Å². The molecule has 0 aliphatic rings. The third-order valence-corrected chi connectivity index (χ3v) is 8.22. The number of furan rings is 1. The molecule has 2 heterocycles. The van der Waals surface area contributed by atoms with E-state index in [9.17, 15) is 13.2 Å². The average molecular weight is 597 g/mol. The van der Waals surface area contributed by atoms with Crippen LogP contribution in [0, 0.1) is 0 Å². The molecule has 0 saturated heterocycles. The molecule has 4 rings (SSSR count). The highest BCUT2D eigenvalue weighted by Gasteiger charge is 2.27. The van der Waals surface area contributed by atoms with Gasteiger partial charge in [-0.2, -0.15) is 0 Å². The Morgan fingerprint density at radius 1 is 1.05 bits per heavy atom. The van der Waals surface area contributed by atoms with Gasteiger partial charge in [0.05, 0.1) is 54.2 Å². The molecule has 1 amide bonds. The second-order valence-corrected chi connectivity index (χ2v) is 11.5. The van der Waals surface area contributed by atoms with Crippen LogP contribution in [0.25, 0.3) is 0 Å². The van der Waals surface area contributed by atoms with Crippen molar-refractivity contribution in [1.82, 2.24) is 14.5 Å². The molecule has 0 radical (unpaired) electrons. The molecular formula is C26H24Cl3N3O5S. The second-order valence-electron chi connectivity index (χ2n) is 8.39. The van der Waals surface area contributed by atoms with Crippen molar-refractivity contribution in [2.24, 2.45) is 0 Å². The van der Waals surface area contributed by atoms with E-state index in [0.717, 1.165) is 0 Å². The standard InChI is InChI=1S/C26H24Cl3N3O5S/c1-36-12-10-32-20(14-30-26(32)38(34,35)17-18-5-2-3-7-23(18)28)15-31(16-21-6-4-11-37-21)25(33)22-9-8-19(27)13-24(22)29/h2-9,11,13-14H,10,12,15-17H2,1H3. The van der Waals surface area contributed by atoms with Crippen LogP contribution in [-0.2, 0) is 40.0 Å². The average Bonchev–Trinajstić information content (AvgIpc) is 3.53. The second kappa shape index (κ2) is 12.4. The Labute approximate surface area is 235 Å². The predicted octanol–water partition coefficient (Wildman–Crippen LogP) is 5.90. The first-order valence-electron chi connectivity index (χ1n) is 11.5. The lowest BCUT2D eigenvalue weighted by Gasteiger charge is -2.23. The molecule has 0 saturated carbocycles. The van der Waals surface area contributed by atoms with E-state index in [4.69, 9.17) is 44.0 Å². The normalized spacial score (nSPS) is 11.6. The molecule has 0 aliphatic carbocycles. The number of ether oxygens (including phenoxy) is 1. The maximum atomic E-state index is 13.6. The van der Waals surface area contributed by atoms with Crippen LogP contribution in [0.4, 0.5) is 0 Å². The first-order chi connectivity index (χ1) is 18.2. The zero-order valence-electron chi connectivity index (χ0n) is 20.3. The Morgan fingerprint density at radius 3 is 2.53 bits per heavy atom. The number of imidazole rings is 1. The van der Waals surface area contributed by atoms with Gasteiger partial charge in [-0.1, -0.05) is 53.0 Å². The van der Waals surface area contributed by atoms with Crippen molar-refractivity contribution < 1.29 is 22.4 Å². The van der Waals surface area contributed by atoms with Crippen molar-refractivity contribution in [3.63, 3.8) is 0 Å². The number of sulfone groups is 1. The highest BCUT2D eigenvalue weighted by Crippen LogP contribution is 2.26. The Kier molecular flexibility index (Phi) is 9.17. The summed E-state index contributed by atoms with van der Waals surface area (Å²) in [6, 6.07) is 14.8. The summed E-state index contributed by atoms with van der Waals surface area (Å²) in [5.74, 6) is -0.174. The van der Waals surface area contributed by atoms with Crippen molar-refractivity contribution >= 4 is 50.5 Å². The van der Waals surface area contributed by atoms with E-state index >= 15 is 0 Å². The summed E-state index contributed by atoms with van der Waals surface area (Å²) in [5, 5.41) is 0.804. The number of methoxy groups -OCH3 is 1. The smallest absolute Gasteiger partial charge is 0.256 e. The molecular weight excluding hydrogens is 573 g/mol. The molecule has 0 unspecified atom stereocenters. The quantitative estimate of drug-likeness (QED) is 0.214. The number of nitrogens with zero attached hydrogens (tertiary/aromatic N) is 3. The Morgan fingerprint density at radius 2 is 1.84 bits per heavy atom. The lowest BCUT2D eigenvalue weighted by atomic mass is 10.2. The third-order valence-electron chi connectivity index (χ3n) is 5.73. The van der Waals surface area contributed by atoms with Crippen LogP contribution in [0.15, 0.2) is 76.6 Å². The molecule has 8 nitrogen and oxygen atoms in total. The molecule has 200 valence electrons. The molecule has 0 fully saturated rings. The van der Waals surface area contributed by atoms with Gasteiger partial charge in [0.1, 0.15) is 5.76 Å². The highest BCUT2D eigenvalue weighted by atomic mass is 35.5. The van der Waals surface area contributed by atoms with Gasteiger partial charge in [0.2, 0.25) is 15.0 Å². The lowest BCUT2D eigenvalue weighted by Crippen LogP contribution is -2.31. The molecule has 0 N–H and O–H groups in total. The maximum Gasteiger partial charge on any atom is 0.256 e. The Hall–Kier alpha value is -2.82. The number of amides is 1. The molecule has 2 aromatic carbocycles. The van der Waals surface area contributed by atoms with E-state index in [-0.39, 0.29) is 53.6 Å². The topological polar surface area (TPSA) is 94.6 Å². The lowest BCUT2D eigenvalue weighted by molar-refractivity contribution is 0.0712. The third kappa shape index (κ3) is 6.59.